The summed E-state index contributed by atoms with van der Waals surface area (Å²) in [6.07, 6.45) is 6.40. The first-order valence-electron chi connectivity index (χ1n) is 7.69. The molecule has 1 saturated carbocycles. The van der Waals surface area contributed by atoms with E-state index in [9.17, 15) is 9.59 Å². The largest absolute Gasteiger partial charge is 0.445 e. The molecule has 0 radical (unpaired) electrons. The molecule has 1 N–H and O–H groups in total. The van der Waals surface area contributed by atoms with Crippen molar-refractivity contribution in [1.82, 2.24) is 5.32 Å². The molecular weight excluding hydrogens is 266 g/mol. The number of amides is 1. The van der Waals surface area contributed by atoms with Gasteiger partial charge in [0.05, 0.1) is 0 Å². The van der Waals surface area contributed by atoms with Crippen LogP contribution in [0, 0.1) is 5.92 Å². The van der Waals surface area contributed by atoms with Gasteiger partial charge in [-0.2, -0.15) is 0 Å². The number of carbonyl (C=O) groups is 2. The van der Waals surface area contributed by atoms with Gasteiger partial charge in [-0.3, -0.25) is 0 Å². The van der Waals surface area contributed by atoms with Crippen LogP contribution < -0.4 is 5.32 Å². The van der Waals surface area contributed by atoms with Gasteiger partial charge in [0.1, 0.15) is 12.9 Å². The zero-order chi connectivity index (χ0) is 14.9. The Kier molecular flexibility index (Phi) is 6.25. The highest BCUT2D eigenvalue weighted by atomic mass is 16.5. The van der Waals surface area contributed by atoms with E-state index in [-0.39, 0.29) is 12.1 Å². The number of ether oxygens (including phenoxy) is 1. The molecule has 0 spiro atoms. The van der Waals surface area contributed by atoms with Gasteiger partial charge >= 0.3 is 6.09 Å². The van der Waals surface area contributed by atoms with Gasteiger partial charge in [-0.05, 0) is 43.6 Å². The van der Waals surface area contributed by atoms with Crippen molar-refractivity contribution in [1.29, 1.82) is 0 Å². The van der Waals surface area contributed by atoms with Gasteiger partial charge in [0.2, 0.25) is 0 Å². The second kappa shape index (κ2) is 8.45. The lowest BCUT2D eigenvalue weighted by molar-refractivity contribution is -0.108. The van der Waals surface area contributed by atoms with Crippen LogP contribution in [-0.4, -0.2) is 18.4 Å². The van der Waals surface area contributed by atoms with Crippen molar-refractivity contribution in [3.8, 4) is 0 Å². The Morgan fingerprint density at radius 1 is 1.19 bits per heavy atom. The second-order valence-electron chi connectivity index (χ2n) is 5.67. The van der Waals surface area contributed by atoms with Crippen LogP contribution in [0.1, 0.15) is 44.1 Å². The normalized spacial score (nSPS) is 21.5. The lowest BCUT2D eigenvalue weighted by Gasteiger charge is -2.28. The highest BCUT2D eigenvalue weighted by Gasteiger charge is 2.22. The minimum absolute atomic E-state index is 0.209. The molecule has 0 saturated heterocycles. The molecule has 0 aliphatic heterocycles. The summed E-state index contributed by atoms with van der Waals surface area (Å²) >= 11 is 0. The van der Waals surface area contributed by atoms with E-state index >= 15 is 0 Å². The van der Waals surface area contributed by atoms with E-state index in [0.29, 0.717) is 18.9 Å². The van der Waals surface area contributed by atoms with Gasteiger partial charge in [-0.25, -0.2) is 4.79 Å². The van der Waals surface area contributed by atoms with Crippen molar-refractivity contribution < 1.29 is 14.3 Å². The molecule has 1 fully saturated rings. The molecule has 4 heteroatoms. The summed E-state index contributed by atoms with van der Waals surface area (Å²) in [7, 11) is 0. The minimum atomic E-state index is -0.338. The smallest absolute Gasteiger partial charge is 0.407 e. The number of alkyl carbamates (subject to hydrolysis) is 1. The third-order valence-corrected chi connectivity index (χ3v) is 4.07. The minimum Gasteiger partial charge on any atom is -0.445 e. The van der Waals surface area contributed by atoms with Crippen molar-refractivity contribution in [2.75, 3.05) is 0 Å². The zero-order valence-corrected chi connectivity index (χ0v) is 12.3. The van der Waals surface area contributed by atoms with E-state index in [1.165, 1.54) is 0 Å². The van der Waals surface area contributed by atoms with Gasteiger partial charge in [0.15, 0.2) is 0 Å². The summed E-state index contributed by atoms with van der Waals surface area (Å²) in [5, 5.41) is 2.94. The standard InChI is InChI=1S/C17H23NO3/c19-12-4-7-14-8-10-16(11-9-14)18-17(20)21-13-15-5-2-1-3-6-15/h1-3,5-6,12,14,16H,4,7-11,13H2,(H,18,20). The van der Waals surface area contributed by atoms with Crippen molar-refractivity contribution in [3.63, 3.8) is 0 Å². The van der Waals surface area contributed by atoms with Crippen LogP contribution in [0.15, 0.2) is 30.3 Å². The Hall–Kier alpha value is -1.84. The Bertz CT molecular complexity index is 439. The monoisotopic (exact) mass is 289 g/mol. The molecule has 2 rings (SSSR count). The van der Waals surface area contributed by atoms with E-state index in [0.717, 1.165) is 44.0 Å². The number of nitrogens with one attached hydrogen (secondary N) is 1. The van der Waals surface area contributed by atoms with Crippen LogP contribution in [0.25, 0.3) is 0 Å². The van der Waals surface area contributed by atoms with Crippen LogP contribution >= 0.6 is 0 Å². The molecule has 1 aliphatic carbocycles. The SMILES string of the molecule is O=CCCC1CCC(NC(=O)OCc2ccccc2)CC1. The predicted octanol–water partition coefficient (Wildman–Crippen LogP) is 3.45. The maximum atomic E-state index is 11.8. The Morgan fingerprint density at radius 3 is 2.57 bits per heavy atom. The first-order chi connectivity index (χ1) is 10.3. The molecule has 4 nitrogen and oxygen atoms in total. The summed E-state index contributed by atoms with van der Waals surface area (Å²) in [5.41, 5.74) is 0.991. The molecule has 21 heavy (non-hydrogen) atoms. The molecule has 0 bridgehead atoms. The molecule has 1 aromatic rings. The molecular formula is C17H23NO3. The number of benzene rings is 1. The number of rotatable bonds is 6. The lowest BCUT2D eigenvalue weighted by atomic mass is 9.83. The highest BCUT2D eigenvalue weighted by molar-refractivity contribution is 5.67. The first-order valence-corrected chi connectivity index (χ1v) is 7.69. The number of hydrogen-bond acceptors (Lipinski definition) is 3. The van der Waals surface area contributed by atoms with Crippen LogP contribution in [0.3, 0.4) is 0 Å². The Labute approximate surface area is 125 Å². The average Bonchev–Trinajstić information content (AvgIpc) is 2.53. The third-order valence-electron chi connectivity index (χ3n) is 4.07. The van der Waals surface area contributed by atoms with Crippen molar-refractivity contribution in [2.24, 2.45) is 5.92 Å². The quantitative estimate of drug-likeness (QED) is 0.816. The molecule has 0 atom stereocenters. The van der Waals surface area contributed by atoms with Crippen LogP contribution in [-0.2, 0) is 16.1 Å². The van der Waals surface area contributed by atoms with E-state index in [1.54, 1.807) is 0 Å². The molecule has 0 heterocycles. The van der Waals surface area contributed by atoms with Crippen LogP contribution in [0.2, 0.25) is 0 Å². The molecule has 114 valence electrons. The Balaban J connectivity index is 1.64. The molecule has 1 aliphatic rings. The maximum Gasteiger partial charge on any atom is 0.407 e. The molecule has 0 aromatic heterocycles. The first kappa shape index (κ1) is 15.5. The average molecular weight is 289 g/mol. The Morgan fingerprint density at radius 2 is 1.90 bits per heavy atom. The number of hydrogen-bond donors (Lipinski definition) is 1. The summed E-state index contributed by atoms with van der Waals surface area (Å²) in [6, 6.07) is 9.87. The van der Waals surface area contributed by atoms with Gasteiger partial charge in [-0.1, -0.05) is 30.3 Å². The third kappa shape index (κ3) is 5.58. The summed E-state index contributed by atoms with van der Waals surface area (Å²) < 4.78 is 5.23. The van der Waals surface area contributed by atoms with Crippen LogP contribution in [0.4, 0.5) is 4.79 Å². The maximum absolute atomic E-state index is 11.8. The topological polar surface area (TPSA) is 55.4 Å². The van der Waals surface area contributed by atoms with Crippen molar-refractivity contribution in [2.45, 2.75) is 51.2 Å². The van der Waals surface area contributed by atoms with Gasteiger partial charge in [-0.15, -0.1) is 0 Å². The van der Waals surface area contributed by atoms with E-state index in [2.05, 4.69) is 5.32 Å². The molecule has 1 amide bonds. The van der Waals surface area contributed by atoms with Gasteiger partial charge in [0.25, 0.3) is 0 Å². The second-order valence-corrected chi connectivity index (χ2v) is 5.67. The van der Waals surface area contributed by atoms with Crippen LogP contribution in [0.5, 0.6) is 0 Å². The van der Waals surface area contributed by atoms with E-state index in [4.69, 9.17) is 4.74 Å². The summed E-state index contributed by atoms with van der Waals surface area (Å²) in [6.45, 7) is 0.307. The fraction of sp³-hybridized carbons (Fsp3) is 0.529. The van der Waals surface area contributed by atoms with E-state index < -0.39 is 0 Å². The fourth-order valence-corrected chi connectivity index (χ4v) is 2.83. The van der Waals surface area contributed by atoms with Gasteiger partial charge < -0.3 is 14.8 Å². The van der Waals surface area contributed by atoms with Crippen molar-refractivity contribution >= 4 is 12.4 Å². The van der Waals surface area contributed by atoms with E-state index in [1.807, 2.05) is 30.3 Å². The predicted molar refractivity (Wildman–Crippen MR) is 80.8 cm³/mol. The summed E-state index contributed by atoms with van der Waals surface area (Å²) in [4.78, 5) is 22.1. The highest BCUT2D eigenvalue weighted by Crippen LogP contribution is 2.27. The van der Waals surface area contributed by atoms with Crippen molar-refractivity contribution in [3.05, 3.63) is 35.9 Å². The number of aldehydes is 1. The van der Waals surface area contributed by atoms with Gasteiger partial charge in [0, 0.05) is 12.5 Å². The molecule has 0 unspecified atom stereocenters. The summed E-state index contributed by atoms with van der Waals surface area (Å²) in [5.74, 6) is 0.633. The fourth-order valence-electron chi connectivity index (χ4n) is 2.83. The molecule has 1 aromatic carbocycles. The lowest BCUT2D eigenvalue weighted by Crippen LogP contribution is -2.37. The zero-order valence-electron chi connectivity index (χ0n) is 12.3. The number of carbonyl (C=O) groups excluding carboxylic acids is 2.